The second kappa shape index (κ2) is 7.02. The first kappa shape index (κ1) is 17.3. The van der Waals surface area contributed by atoms with Gasteiger partial charge in [-0.3, -0.25) is 9.69 Å². The molecule has 126 valence electrons. The van der Waals surface area contributed by atoms with E-state index in [1.54, 1.807) is 0 Å². The van der Waals surface area contributed by atoms with E-state index in [0.29, 0.717) is 19.4 Å². The Hall–Kier alpha value is -2.04. The zero-order chi connectivity index (χ0) is 17.0. The summed E-state index contributed by atoms with van der Waals surface area (Å²) in [5.74, 6) is -0.454. The van der Waals surface area contributed by atoms with Gasteiger partial charge in [-0.25, -0.2) is 4.79 Å². The van der Waals surface area contributed by atoms with Crippen molar-refractivity contribution in [1.29, 1.82) is 0 Å². The zero-order valence-corrected chi connectivity index (χ0v) is 14.2. The first-order valence-electron chi connectivity index (χ1n) is 8.00. The van der Waals surface area contributed by atoms with E-state index in [4.69, 9.17) is 9.47 Å². The van der Waals surface area contributed by atoms with Crippen LogP contribution in [-0.2, 0) is 20.7 Å². The third-order valence-electron chi connectivity index (χ3n) is 3.67. The summed E-state index contributed by atoms with van der Waals surface area (Å²) in [6.07, 6.45) is 0.200. The molecule has 0 spiro atoms. The van der Waals surface area contributed by atoms with Crippen molar-refractivity contribution in [2.75, 3.05) is 6.54 Å². The number of esters is 1. The highest BCUT2D eigenvalue weighted by atomic mass is 16.6. The smallest absolute Gasteiger partial charge is 0.413 e. The molecule has 1 aliphatic rings. The van der Waals surface area contributed by atoms with Gasteiger partial charge in [0, 0.05) is 13.0 Å². The SMILES string of the molecule is CC1CC(N(CCc2ccccc2)C(=O)OC(C)(C)C)OC1=O. The Balaban J connectivity index is 2.08. The number of carbonyl (C=O) groups is 2. The van der Waals surface area contributed by atoms with Crippen molar-refractivity contribution in [2.45, 2.75) is 52.4 Å². The summed E-state index contributed by atoms with van der Waals surface area (Å²) in [6, 6.07) is 9.90. The largest absolute Gasteiger partial charge is 0.444 e. The van der Waals surface area contributed by atoms with Crippen LogP contribution in [0.1, 0.15) is 39.7 Å². The van der Waals surface area contributed by atoms with Crippen LogP contribution in [0.5, 0.6) is 0 Å². The monoisotopic (exact) mass is 319 g/mol. The average Bonchev–Trinajstić information content (AvgIpc) is 2.78. The van der Waals surface area contributed by atoms with Gasteiger partial charge in [-0.15, -0.1) is 0 Å². The van der Waals surface area contributed by atoms with E-state index >= 15 is 0 Å². The lowest BCUT2D eigenvalue weighted by atomic mass is 10.1. The predicted octanol–water partition coefficient (Wildman–Crippen LogP) is 3.38. The van der Waals surface area contributed by atoms with Gasteiger partial charge in [-0.05, 0) is 32.8 Å². The standard InChI is InChI=1S/C18H25NO4/c1-13-12-15(22-16(13)20)19(17(21)23-18(2,3)4)11-10-14-8-6-5-7-9-14/h5-9,13,15H,10-12H2,1-4H3. The molecule has 0 bridgehead atoms. The highest BCUT2D eigenvalue weighted by molar-refractivity contribution is 5.75. The Morgan fingerprint density at radius 3 is 2.48 bits per heavy atom. The minimum Gasteiger partial charge on any atom is -0.444 e. The molecule has 5 nitrogen and oxygen atoms in total. The summed E-state index contributed by atoms with van der Waals surface area (Å²) < 4.78 is 10.8. The second-order valence-corrected chi connectivity index (χ2v) is 6.94. The maximum atomic E-state index is 12.5. The van der Waals surface area contributed by atoms with Crippen molar-refractivity contribution in [3.63, 3.8) is 0 Å². The van der Waals surface area contributed by atoms with Crippen molar-refractivity contribution in [3.8, 4) is 0 Å². The molecule has 1 fully saturated rings. The number of hydrogen-bond acceptors (Lipinski definition) is 4. The van der Waals surface area contributed by atoms with Crippen LogP contribution in [-0.4, -0.2) is 35.3 Å². The Morgan fingerprint density at radius 1 is 1.30 bits per heavy atom. The topological polar surface area (TPSA) is 55.8 Å². The van der Waals surface area contributed by atoms with E-state index < -0.39 is 17.9 Å². The quantitative estimate of drug-likeness (QED) is 0.798. The average molecular weight is 319 g/mol. The van der Waals surface area contributed by atoms with Crippen molar-refractivity contribution in [1.82, 2.24) is 4.90 Å². The molecule has 2 unspecified atom stereocenters. The zero-order valence-electron chi connectivity index (χ0n) is 14.2. The molecule has 1 aromatic carbocycles. The first-order valence-corrected chi connectivity index (χ1v) is 8.00. The molecule has 5 heteroatoms. The summed E-state index contributed by atoms with van der Waals surface area (Å²) in [5.41, 5.74) is 0.537. The lowest BCUT2D eigenvalue weighted by Gasteiger charge is -2.30. The van der Waals surface area contributed by atoms with E-state index in [9.17, 15) is 9.59 Å². The molecular weight excluding hydrogens is 294 g/mol. The van der Waals surface area contributed by atoms with E-state index in [1.165, 1.54) is 4.90 Å². The van der Waals surface area contributed by atoms with Crippen molar-refractivity contribution < 1.29 is 19.1 Å². The fraction of sp³-hybridized carbons (Fsp3) is 0.556. The Morgan fingerprint density at radius 2 is 1.96 bits per heavy atom. The molecule has 1 amide bonds. The lowest BCUT2D eigenvalue weighted by molar-refractivity contribution is -0.149. The highest BCUT2D eigenvalue weighted by Gasteiger charge is 2.38. The molecule has 1 saturated heterocycles. The number of hydrogen-bond donors (Lipinski definition) is 0. The third kappa shape index (κ3) is 4.98. The molecule has 1 aromatic rings. The van der Waals surface area contributed by atoms with Crippen molar-refractivity contribution in [3.05, 3.63) is 35.9 Å². The van der Waals surface area contributed by atoms with Gasteiger partial charge >= 0.3 is 12.1 Å². The Labute approximate surface area is 137 Å². The molecule has 1 aliphatic heterocycles. The first-order chi connectivity index (χ1) is 10.8. The van der Waals surface area contributed by atoms with Gasteiger partial charge in [0.2, 0.25) is 0 Å². The normalized spacial score (nSPS) is 21.0. The molecule has 2 atom stereocenters. The molecular formula is C18H25NO4. The Bertz CT molecular complexity index is 550. The van der Waals surface area contributed by atoms with Gasteiger partial charge in [-0.2, -0.15) is 0 Å². The maximum absolute atomic E-state index is 12.5. The summed E-state index contributed by atoms with van der Waals surface area (Å²) >= 11 is 0. The van der Waals surface area contributed by atoms with E-state index in [0.717, 1.165) is 5.56 Å². The molecule has 0 saturated carbocycles. The fourth-order valence-electron chi connectivity index (χ4n) is 2.46. The van der Waals surface area contributed by atoms with Gasteiger partial charge in [0.15, 0.2) is 6.23 Å². The van der Waals surface area contributed by atoms with Gasteiger partial charge in [0.05, 0.1) is 5.92 Å². The predicted molar refractivity (Wildman–Crippen MR) is 86.7 cm³/mol. The van der Waals surface area contributed by atoms with Crippen molar-refractivity contribution in [2.24, 2.45) is 5.92 Å². The summed E-state index contributed by atoms with van der Waals surface area (Å²) in [6.45, 7) is 7.73. The highest BCUT2D eigenvalue weighted by Crippen LogP contribution is 2.25. The molecule has 2 rings (SSSR count). The molecule has 0 N–H and O–H groups in total. The summed E-state index contributed by atoms with van der Waals surface area (Å²) in [7, 11) is 0. The minimum atomic E-state index is -0.587. The second-order valence-electron chi connectivity index (χ2n) is 6.94. The van der Waals surface area contributed by atoms with Crippen LogP contribution in [0.15, 0.2) is 30.3 Å². The molecule has 1 heterocycles. The van der Waals surface area contributed by atoms with Gasteiger partial charge < -0.3 is 9.47 Å². The fourth-order valence-corrected chi connectivity index (χ4v) is 2.46. The lowest BCUT2D eigenvalue weighted by Crippen LogP contribution is -2.44. The Kier molecular flexibility index (Phi) is 5.29. The number of rotatable bonds is 4. The van der Waals surface area contributed by atoms with Crippen LogP contribution < -0.4 is 0 Å². The number of amides is 1. The number of nitrogens with zero attached hydrogens (tertiary/aromatic N) is 1. The van der Waals surface area contributed by atoms with Crippen LogP contribution in [0.4, 0.5) is 4.79 Å². The van der Waals surface area contributed by atoms with Crippen molar-refractivity contribution >= 4 is 12.1 Å². The van der Waals surface area contributed by atoms with Gasteiger partial charge in [0.1, 0.15) is 5.60 Å². The minimum absolute atomic E-state index is 0.193. The molecule has 23 heavy (non-hydrogen) atoms. The van der Waals surface area contributed by atoms with Crippen LogP contribution in [0.3, 0.4) is 0 Å². The number of carbonyl (C=O) groups excluding carboxylic acids is 2. The van der Waals surface area contributed by atoms with Gasteiger partial charge in [-0.1, -0.05) is 37.3 Å². The van der Waals surface area contributed by atoms with E-state index in [1.807, 2.05) is 58.0 Å². The molecule has 0 aliphatic carbocycles. The maximum Gasteiger partial charge on any atom is 0.413 e. The number of ether oxygens (including phenoxy) is 2. The van der Waals surface area contributed by atoms with Crippen LogP contribution in [0, 0.1) is 5.92 Å². The molecule has 0 aromatic heterocycles. The number of benzene rings is 1. The number of cyclic esters (lactones) is 1. The van der Waals surface area contributed by atoms with Crippen LogP contribution >= 0.6 is 0 Å². The van der Waals surface area contributed by atoms with Gasteiger partial charge in [0.25, 0.3) is 0 Å². The third-order valence-corrected chi connectivity index (χ3v) is 3.67. The van der Waals surface area contributed by atoms with E-state index in [-0.39, 0.29) is 11.9 Å². The summed E-state index contributed by atoms with van der Waals surface area (Å²) in [5, 5.41) is 0. The van der Waals surface area contributed by atoms with Crippen LogP contribution in [0.25, 0.3) is 0 Å². The molecule has 0 radical (unpaired) electrons. The van der Waals surface area contributed by atoms with Crippen LogP contribution in [0.2, 0.25) is 0 Å². The summed E-state index contributed by atoms with van der Waals surface area (Å²) in [4.78, 5) is 25.7. The van der Waals surface area contributed by atoms with E-state index in [2.05, 4.69) is 0 Å².